The number of morpholine rings is 1. The van der Waals surface area contributed by atoms with Gasteiger partial charge in [-0.05, 0) is 38.1 Å². The van der Waals surface area contributed by atoms with E-state index in [0.717, 1.165) is 0 Å². The first-order valence-electron chi connectivity index (χ1n) is 10.1. The molecule has 2 amide bonds. The molecule has 0 aromatic heterocycles. The molecule has 1 saturated heterocycles. The number of carbonyl (C=O) groups is 2. The zero-order valence-electron chi connectivity index (χ0n) is 18.1. The van der Waals surface area contributed by atoms with Crippen molar-refractivity contribution in [2.24, 2.45) is 0 Å². The number of rotatable bonds is 6. The van der Waals surface area contributed by atoms with Gasteiger partial charge in [-0.25, -0.2) is 0 Å². The van der Waals surface area contributed by atoms with Gasteiger partial charge in [0.05, 0.1) is 24.2 Å². The van der Waals surface area contributed by atoms with Gasteiger partial charge < -0.3 is 19.7 Å². The van der Waals surface area contributed by atoms with E-state index in [-0.39, 0.29) is 35.1 Å². The number of para-hydroxylation sites is 1. The van der Waals surface area contributed by atoms with Gasteiger partial charge in [-0.2, -0.15) is 0 Å². The lowest BCUT2D eigenvalue weighted by Gasteiger charge is -2.35. The normalized spacial score (nSPS) is 18.7. The van der Waals surface area contributed by atoms with Crippen molar-refractivity contribution in [1.29, 1.82) is 0 Å². The van der Waals surface area contributed by atoms with Crippen LogP contribution < -0.4 is 10.1 Å². The average Bonchev–Trinajstić information content (AvgIpc) is 2.77. The molecule has 9 nitrogen and oxygen atoms in total. The third-order valence-corrected chi connectivity index (χ3v) is 4.96. The second-order valence-electron chi connectivity index (χ2n) is 7.53. The molecule has 1 aliphatic rings. The van der Waals surface area contributed by atoms with Gasteiger partial charge >= 0.3 is 0 Å². The Kier molecular flexibility index (Phi) is 7.21. The fourth-order valence-electron chi connectivity index (χ4n) is 3.54. The molecule has 2 aromatic rings. The molecule has 3 rings (SSSR count). The number of hydrogen-bond acceptors (Lipinski definition) is 6. The van der Waals surface area contributed by atoms with Crippen LogP contribution in [0.5, 0.6) is 5.75 Å². The largest absolute Gasteiger partial charge is 0.496 e. The van der Waals surface area contributed by atoms with Crippen LogP contribution in [0.25, 0.3) is 6.08 Å². The second kappa shape index (κ2) is 10.1. The molecule has 0 aliphatic carbocycles. The standard InChI is InChI=1S/C23H25N3O6/c1-15-13-25(14-16(2)32-15)23(28)20(12-18-6-4-5-7-21(18)31-3)24-22(27)17-8-10-19(11-9-17)26(29)30/h4-12,15-16H,13-14H2,1-3H3,(H,24,27)/b20-12-. The number of nitrogens with one attached hydrogen (secondary N) is 1. The van der Waals surface area contributed by atoms with Crippen molar-refractivity contribution in [3.05, 3.63) is 75.5 Å². The molecule has 0 spiro atoms. The van der Waals surface area contributed by atoms with Gasteiger partial charge in [0.15, 0.2) is 0 Å². The topological polar surface area (TPSA) is 111 Å². The van der Waals surface area contributed by atoms with E-state index in [0.29, 0.717) is 24.4 Å². The first-order valence-corrected chi connectivity index (χ1v) is 10.1. The predicted molar refractivity (Wildman–Crippen MR) is 118 cm³/mol. The monoisotopic (exact) mass is 439 g/mol. The van der Waals surface area contributed by atoms with Crippen LogP contribution in [0.15, 0.2) is 54.2 Å². The molecule has 32 heavy (non-hydrogen) atoms. The number of amides is 2. The molecule has 1 fully saturated rings. The predicted octanol–water partition coefficient (Wildman–Crippen LogP) is 3.01. The van der Waals surface area contributed by atoms with Crippen LogP contribution in [0, 0.1) is 10.1 Å². The molecule has 0 radical (unpaired) electrons. The molecule has 2 unspecified atom stereocenters. The quantitative estimate of drug-likeness (QED) is 0.421. The lowest BCUT2D eigenvalue weighted by Crippen LogP contribution is -2.50. The van der Waals surface area contributed by atoms with E-state index in [2.05, 4.69) is 5.32 Å². The summed E-state index contributed by atoms with van der Waals surface area (Å²) in [6.45, 7) is 4.55. The first-order chi connectivity index (χ1) is 15.3. The summed E-state index contributed by atoms with van der Waals surface area (Å²) in [4.78, 5) is 38.2. The Bertz CT molecular complexity index is 1020. The highest BCUT2D eigenvalue weighted by molar-refractivity contribution is 6.05. The van der Waals surface area contributed by atoms with Crippen LogP contribution in [0.3, 0.4) is 0 Å². The molecule has 2 atom stereocenters. The van der Waals surface area contributed by atoms with E-state index < -0.39 is 10.8 Å². The summed E-state index contributed by atoms with van der Waals surface area (Å²) in [5.74, 6) is -0.358. The van der Waals surface area contributed by atoms with Crippen LogP contribution in [-0.2, 0) is 9.53 Å². The van der Waals surface area contributed by atoms with Crippen LogP contribution in [0.2, 0.25) is 0 Å². The van der Waals surface area contributed by atoms with E-state index >= 15 is 0 Å². The smallest absolute Gasteiger partial charge is 0.270 e. The highest BCUT2D eigenvalue weighted by Gasteiger charge is 2.29. The number of benzene rings is 2. The third-order valence-electron chi connectivity index (χ3n) is 4.96. The molecular weight excluding hydrogens is 414 g/mol. The zero-order valence-corrected chi connectivity index (χ0v) is 18.1. The Balaban J connectivity index is 1.92. The number of ether oxygens (including phenoxy) is 2. The number of hydrogen-bond donors (Lipinski definition) is 1. The summed E-state index contributed by atoms with van der Waals surface area (Å²) < 4.78 is 11.1. The van der Waals surface area contributed by atoms with Crippen molar-refractivity contribution in [2.45, 2.75) is 26.1 Å². The van der Waals surface area contributed by atoms with Crippen molar-refractivity contribution >= 4 is 23.6 Å². The lowest BCUT2D eigenvalue weighted by molar-refractivity contribution is -0.384. The molecule has 0 saturated carbocycles. The van der Waals surface area contributed by atoms with E-state index in [9.17, 15) is 19.7 Å². The number of nitro benzene ring substituents is 1. The molecule has 1 N–H and O–H groups in total. The lowest BCUT2D eigenvalue weighted by atomic mass is 10.1. The molecular formula is C23H25N3O6. The summed E-state index contributed by atoms with van der Waals surface area (Å²) in [6.07, 6.45) is 1.29. The molecule has 168 valence electrons. The maximum Gasteiger partial charge on any atom is 0.270 e. The molecule has 9 heteroatoms. The zero-order chi connectivity index (χ0) is 23.3. The maximum atomic E-state index is 13.4. The highest BCUT2D eigenvalue weighted by Crippen LogP contribution is 2.22. The van der Waals surface area contributed by atoms with E-state index in [1.807, 2.05) is 13.8 Å². The van der Waals surface area contributed by atoms with Crippen LogP contribution in [0.4, 0.5) is 5.69 Å². The summed E-state index contributed by atoms with van der Waals surface area (Å²) in [5.41, 5.74) is 0.757. The van der Waals surface area contributed by atoms with E-state index in [4.69, 9.17) is 9.47 Å². The Morgan fingerprint density at radius 1 is 1.12 bits per heavy atom. The molecule has 0 bridgehead atoms. The Labute approximate surface area is 185 Å². The fourth-order valence-corrected chi connectivity index (χ4v) is 3.54. The van der Waals surface area contributed by atoms with Gasteiger partial charge in [0.2, 0.25) is 0 Å². The minimum absolute atomic E-state index is 0.0687. The molecule has 1 heterocycles. The Morgan fingerprint density at radius 2 is 1.75 bits per heavy atom. The second-order valence-corrected chi connectivity index (χ2v) is 7.53. The number of nitro groups is 1. The third kappa shape index (κ3) is 5.50. The minimum atomic E-state index is -0.552. The van der Waals surface area contributed by atoms with Gasteiger partial charge in [0, 0.05) is 36.3 Å². The summed E-state index contributed by atoms with van der Waals surface area (Å²) in [6, 6.07) is 12.3. The van der Waals surface area contributed by atoms with Crippen LogP contribution in [0.1, 0.15) is 29.8 Å². The van der Waals surface area contributed by atoms with Gasteiger partial charge in [0.1, 0.15) is 11.4 Å². The number of non-ortho nitro benzene ring substituents is 1. The molecule has 2 aromatic carbocycles. The SMILES string of the molecule is COc1ccccc1/C=C(\NC(=O)c1ccc([N+](=O)[O-])cc1)C(=O)N1CC(C)OC(C)C1. The summed E-state index contributed by atoms with van der Waals surface area (Å²) >= 11 is 0. The number of methoxy groups -OCH3 is 1. The van der Waals surface area contributed by atoms with Gasteiger partial charge in [-0.3, -0.25) is 19.7 Å². The van der Waals surface area contributed by atoms with Crippen molar-refractivity contribution in [1.82, 2.24) is 10.2 Å². The van der Waals surface area contributed by atoms with Crippen molar-refractivity contribution in [3.63, 3.8) is 0 Å². The Hall–Kier alpha value is -3.72. The van der Waals surface area contributed by atoms with Gasteiger partial charge in [0.25, 0.3) is 17.5 Å². The van der Waals surface area contributed by atoms with Gasteiger partial charge in [-0.1, -0.05) is 18.2 Å². The summed E-state index contributed by atoms with van der Waals surface area (Å²) in [5, 5.41) is 13.5. The van der Waals surface area contributed by atoms with Gasteiger partial charge in [-0.15, -0.1) is 0 Å². The number of nitrogens with zero attached hydrogens (tertiary/aromatic N) is 2. The molecule has 1 aliphatic heterocycles. The van der Waals surface area contributed by atoms with Crippen LogP contribution >= 0.6 is 0 Å². The van der Waals surface area contributed by atoms with Crippen molar-refractivity contribution < 1.29 is 24.0 Å². The van der Waals surface area contributed by atoms with Crippen molar-refractivity contribution in [3.8, 4) is 5.75 Å². The van der Waals surface area contributed by atoms with E-state index in [1.165, 1.54) is 31.4 Å². The Morgan fingerprint density at radius 3 is 2.34 bits per heavy atom. The van der Waals surface area contributed by atoms with E-state index in [1.54, 1.807) is 35.2 Å². The number of carbonyl (C=O) groups excluding carboxylic acids is 2. The fraction of sp³-hybridized carbons (Fsp3) is 0.304. The van der Waals surface area contributed by atoms with Crippen LogP contribution in [-0.4, -0.2) is 54.0 Å². The maximum absolute atomic E-state index is 13.4. The highest BCUT2D eigenvalue weighted by atomic mass is 16.6. The van der Waals surface area contributed by atoms with Crippen molar-refractivity contribution in [2.75, 3.05) is 20.2 Å². The minimum Gasteiger partial charge on any atom is -0.496 e. The first kappa shape index (κ1) is 23.0. The summed E-state index contributed by atoms with van der Waals surface area (Å²) in [7, 11) is 1.52. The average molecular weight is 439 g/mol.